The predicted molar refractivity (Wildman–Crippen MR) is 97.1 cm³/mol. The van der Waals surface area contributed by atoms with Gasteiger partial charge in [-0.1, -0.05) is 50.8 Å². The van der Waals surface area contributed by atoms with Crippen LogP contribution in [0.15, 0.2) is 72.1 Å². The van der Waals surface area contributed by atoms with E-state index in [2.05, 4.69) is 26.5 Å². The third-order valence-corrected chi connectivity index (χ3v) is 2.99. The second-order valence-corrected chi connectivity index (χ2v) is 5.37. The van der Waals surface area contributed by atoms with Crippen LogP contribution in [0.3, 0.4) is 0 Å². The summed E-state index contributed by atoms with van der Waals surface area (Å²) in [7, 11) is 0. The number of aliphatic carboxylic acids is 1. The van der Waals surface area contributed by atoms with E-state index in [9.17, 15) is 4.79 Å². The van der Waals surface area contributed by atoms with E-state index in [1.165, 1.54) is 6.08 Å². The molecule has 1 N–H and O–H groups in total. The van der Waals surface area contributed by atoms with Gasteiger partial charge in [-0.2, -0.15) is 0 Å². The fourth-order valence-corrected chi connectivity index (χ4v) is 1.57. The quantitative estimate of drug-likeness (QED) is 0.342. The fraction of sp³-hybridized carbons (Fsp3) is 0.350. The zero-order valence-corrected chi connectivity index (χ0v) is 14.6. The van der Waals surface area contributed by atoms with Crippen LogP contribution in [0.5, 0.6) is 0 Å². The molecular weight excluding hydrogens is 288 g/mol. The summed E-state index contributed by atoms with van der Waals surface area (Å²) < 4.78 is 5.68. The number of ether oxygens (including phenoxy) is 1. The molecule has 126 valence electrons. The van der Waals surface area contributed by atoms with Crippen LogP contribution in [-0.2, 0) is 9.53 Å². The number of rotatable bonds is 10. The molecule has 0 aliphatic rings. The summed E-state index contributed by atoms with van der Waals surface area (Å²) in [5.41, 5.74) is 1.19. The highest BCUT2D eigenvalue weighted by molar-refractivity contribution is 5.89. The lowest BCUT2D eigenvalue weighted by molar-refractivity contribution is -0.132. The number of hydrogen-bond donors (Lipinski definition) is 1. The third-order valence-electron chi connectivity index (χ3n) is 2.99. The van der Waals surface area contributed by atoms with Gasteiger partial charge in [0.25, 0.3) is 0 Å². The molecule has 0 aliphatic carbocycles. The van der Waals surface area contributed by atoms with Crippen molar-refractivity contribution in [2.75, 3.05) is 6.61 Å². The van der Waals surface area contributed by atoms with Crippen LogP contribution in [0.2, 0.25) is 0 Å². The van der Waals surface area contributed by atoms with Gasteiger partial charge in [0.05, 0.1) is 5.57 Å². The van der Waals surface area contributed by atoms with Crippen LogP contribution in [0, 0.1) is 5.92 Å². The second kappa shape index (κ2) is 12.3. The Morgan fingerprint density at radius 2 is 1.91 bits per heavy atom. The maximum Gasteiger partial charge on any atom is 0.335 e. The molecule has 0 aliphatic heterocycles. The molecule has 0 rings (SSSR count). The Labute approximate surface area is 140 Å². The molecular formula is C20H28O3. The van der Waals surface area contributed by atoms with Crippen molar-refractivity contribution >= 4 is 5.97 Å². The van der Waals surface area contributed by atoms with Crippen LogP contribution >= 0.6 is 0 Å². The van der Waals surface area contributed by atoms with Gasteiger partial charge in [-0.05, 0) is 50.0 Å². The minimum Gasteiger partial charge on any atom is -0.489 e. The molecule has 23 heavy (non-hydrogen) atoms. The Hall–Kier alpha value is -2.29. The fourth-order valence-electron chi connectivity index (χ4n) is 1.57. The van der Waals surface area contributed by atoms with E-state index in [1.54, 1.807) is 31.2 Å². The molecule has 0 aromatic rings. The van der Waals surface area contributed by atoms with E-state index < -0.39 is 5.97 Å². The van der Waals surface area contributed by atoms with E-state index in [0.29, 0.717) is 18.3 Å². The monoisotopic (exact) mass is 316 g/mol. The first-order chi connectivity index (χ1) is 10.9. The summed E-state index contributed by atoms with van der Waals surface area (Å²) in [6.45, 7) is 12.0. The molecule has 3 heteroatoms. The first kappa shape index (κ1) is 20.7. The highest BCUT2D eigenvalue weighted by Gasteiger charge is 2.01. The first-order valence-corrected chi connectivity index (χ1v) is 7.79. The number of hydrogen-bond acceptors (Lipinski definition) is 2. The number of carboxylic acids is 1. The average molecular weight is 316 g/mol. The Morgan fingerprint density at radius 3 is 2.39 bits per heavy atom. The Bertz CT molecular complexity index is 529. The van der Waals surface area contributed by atoms with Crippen molar-refractivity contribution in [1.82, 2.24) is 0 Å². The van der Waals surface area contributed by atoms with E-state index in [-0.39, 0.29) is 5.57 Å². The van der Waals surface area contributed by atoms with E-state index in [0.717, 1.165) is 12.0 Å². The summed E-state index contributed by atoms with van der Waals surface area (Å²) in [5.74, 6) is 0.295. The van der Waals surface area contributed by atoms with Crippen LogP contribution in [0.25, 0.3) is 0 Å². The lowest BCUT2D eigenvalue weighted by atomic mass is 10.1. The number of carboxylic acid groups (broad SMARTS) is 1. The summed E-state index contributed by atoms with van der Waals surface area (Å²) in [6, 6.07) is 0. The van der Waals surface area contributed by atoms with Crippen molar-refractivity contribution in [3.05, 3.63) is 72.1 Å². The van der Waals surface area contributed by atoms with Gasteiger partial charge >= 0.3 is 5.97 Å². The highest BCUT2D eigenvalue weighted by atomic mass is 16.5. The van der Waals surface area contributed by atoms with Gasteiger partial charge in [0.1, 0.15) is 12.4 Å². The topological polar surface area (TPSA) is 46.5 Å². The predicted octanol–water partition coefficient (Wildman–Crippen LogP) is 5.21. The lowest BCUT2D eigenvalue weighted by Crippen LogP contribution is -1.98. The van der Waals surface area contributed by atoms with Crippen LogP contribution in [0.1, 0.15) is 34.1 Å². The number of allylic oxidation sites excluding steroid dienone is 6. The summed E-state index contributed by atoms with van der Waals surface area (Å²) in [5, 5.41) is 8.96. The van der Waals surface area contributed by atoms with Crippen LogP contribution in [-0.4, -0.2) is 17.7 Å². The molecule has 0 spiro atoms. The zero-order chi connectivity index (χ0) is 17.7. The van der Waals surface area contributed by atoms with Crippen LogP contribution in [0.4, 0.5) is 0 Å². The normalized spacial score (nSPS) is 14.0. The minimum atomic E-state index is -0.957. The van der Waals surface area contributed by atoms with Gasteiger partial charge in [0.15, 0.2) is 0 Å². The molecule has 0 atom stereocenters. The molecule has 0 fully saturated rings. The molecule has 0 aromatic heterocycles. The zero-order valence-electron chi connectivity index (χ0n) is 14.6. The standard InChI is InChI=1S/C20H28O3/c1-6-17(12-10-9-11-16(4)5)15-23-19(8-3)14-13-18(7-2)20(21)22/h6-10,12-14,16H,1,11,15H2,2-5H3,(H,21,22)/b10-9+,14-13-,17-12+,18-7-,19-8-. The number of carbonyl (C=O) groups is 1. The second-order valence-electron chi connectivity index (χ2n) is 5.37. The van der Waals surface area contributed by atoms with Gasteiger partial charge in [0.2, 0.25) is 0 Å². The minimum absolute atomic E-state index is 0.226. The Balaban J connectivity index is 4.68. The molecule has 0 aromatic carbocycles. The SMILES string of the molecule is C=C/C(=C\C=C\CC(C)C)COC(/C=C\C(=C\C)C(=O)O)=C\C. The molecule has 0 heterocycles. The maximum atomic E-state index is 10.9. The van der Waals surface area contributed by atoms with Gasteiger partial charge in [-0.15, -0.1) is 0 Å². The summed E-state index contributed by atoms with van der Waals surface area (Å²) in [6.07, 6.45) is 15.4. The van der Waals surface area contributed by atoms with Crippen molar-refractivity contribution in [3.63, 3.8) is 0 Å². The third kappa shape index (κ3) is 10.1. The maximum absolute atomic E-state index is 10.9. The Kier molecular flexibility index (Phi) is 11.1. The van der Waals surface area contributed by atoms with Crippen molar-refractivity contribution in [2.45, 2.75) is 34.1 Å². The molecule has 0 unspecified atom stereocenters. The molecule has 3 nitrogen and oxygen atoms in total. The molecule has 0 amide bonds. The summed E-state index contributed by atoms with van der Waals surface area (Å²) >= 11 is 0. The highest BCUT2D eigenvalue weighted by Crippen LogP contribution is 2.08. The molecule has 0 saturated carbocycles. The lowest BCUT2D eigenvalue weighted by Gasteiger charge is -2.07. The van der Waals surface area contributed by atoms with E-state index in [1.807, 2.05) is 19.1 Å². The Morgan fingerprint density at radius 1 is 1.22 bits per heavy atom. The van der Waals surface area contributed by atoms with Gasteiger partial charge in [0, 0.05) is 0 Å². The van der Waals surface area contributed by atoms with Gasteiger partial charge in [-0.3, -0.25) is 0 Å². The van der Waals surface area contributed by atoms with Crippen molar-refractivity contribution in [1.29, 1.82) is 0 Å². The molecule has 0 radical (unpaired) electrons. The van der Waals surface area contributed by atoms with Crippen LogP contribution < -0.4 is 0 Å². The largest absolute Gasteiger partial charge is 0.489 e. The smallest absolute Gasteiger partial charge is 0.335 e. The molecule has 0 saturated heterocycles. The van der Waals surface area contributed by atoms with Crippen molar-refractivity contribution < 1.29 is 14.6 Å². The van der Waals surface area contributed by atoms with E-state index in [4.69, 9.17) is 9.84 Å². The van der Waals surface area contributed by atoms with Crippen molar-refractivity contribution in [2.24, 2.45) is 5.92 Å². The van der Waals surface area contributed by atoms with E-state index >= 15 is 0 Å². The molecule has 0 bridgehead atoms. The summed E-state index contributed by atoms with van der Waals surface area (Å²) in [4.78, 5) is 10.9. The first-order valence-electron chi connectivity index (χ1n) is 7.79. The average Bonchev–Trinajstić information content (AvgIpc) is 2.51. The van der Waals surface area contributed by atoms with Gasteiger partial charge < -0.3 is 9.84 Å². The van der Waals surface area contributed by atoms with Gasteiger partial charge in [-0.25, -0.2) is 4.79 Å². The van der Waals surface area contributed by atoms with Crippen molar-refractivity contribution in [3.8, 4) is 0 Å².